The molecule has 0 aromatic carbocycles. The average Bonchev–Trinajstić information content (AvgIpc) is 2.85. The Balaban J connectivity index is 2.03. The SMILES string of the molecule is CC1CCCC1C(Cc1sccc1Br)NN. The van der Waals surface area contributed by atoms with E-state index >= 15 is 0 Å². The largest absolute Gasteiger partial charge is 0.271 e. The molecule has 3 N–H and O–H groups in total. The Morgan fingerprint density at radius 1 is 1.62 bits per heavy atom. The molecule has 1 heterocycles. The van der Waals surface area contributed by atoms with Crippen LogP contribution in [0.4, 0.5) is 0 Å². The van der Waals surface area contributed by atoms with Crippen molar-refractivity contribution in [1.29, 1.82) is 0 Å². The van der Waals surface area contributed by atoms with Gasteiger partial charge >= 0.3 is 0 Å². The van der Waals surface area contributed by atoms with Crippen LogP contribution in [0.2, 0.25) is 0 Å². The van der Waals surface area contributed by atoms with Crippen LogP contribution in [-0.4, -0.2) is 6.04 Å². The lowest BCUT2D eigenvalue weighted by atomic mass is 9.88. The summed E-state index contributed by atoms with van der Waals surface area (Å²) in [4.78, 5) is 1.40. The third-order valence-electron chi connectivity index (χ3n) is 3.76. The minimum Gasteiger partial charge on any atom is -0.271 e. The number of halogens is 1. The molecule has 0 radical (unpaired) electrons. The number of rotatable bonds is 4. The van der Waals surface area contributed by atoms with Gasteiger partial charge in [0.2, 0.25) is 0 Å². The molecule has 1 fully saturated rings. The van der Waals surface area contributed by atoms with E-state index in [2.05, 4.69) is 39.7 Å². The Hall–Kier alpha value is 0.1000. The maximum Gasteiger partial charge on any atom is 0.0314 e. The van der Waals surface area contributed by atoms with Crippen molar-refractivity contribution in [2.45, 2.75) is 38.6 Å². The highest BCUT2D eigenvalue weighted by Crippen LogP contribution is 2.35. The highest BCUT2D eigenvalue weighted by molar-refractivity contribution is 9.10. The van der Waals surface area contributed by atoms with Gasteiger partial charge in [0.1, 0.15) is 0 Å². The van der Waals surface area contributed by atoms with Crippen LogP contribution in [0, 0.1) is 11.8 Å². The number of thiophene rings is 1. The molecule has 1 saturated carbocycles. The summed E-state index contributed by atoms with van der Waals surface area (Å²) in [7, 11) is 0. The molecular weight excluding hydrogens is 284 g/mol. The van der Waals surface area contributed by atoms with Gasteiger partial charge in [-0.2, -0.15) is 0 Å². The Labute approximate surface area is 110 Å². The molecule has 3 unspecified atom stereocenters. The van der Waals surface area contributed by atoms with Gasteiger partial charge in [0.15, 0.2) is 0 Å². The fourth-order valence-electron chi connectivity index (χ4n) is 2.78. The minimum absolute atomic E-state index is 0.424. The van der Waals surface area contributed by atoms with Gasteiger partial charge in [0.25, 0.3) is 0 Å². The van der Waals surface area contributed by atoms with Gasteiger partial charge in [-0.05, 0) is 52.1 Å². The van der Waals surface area contributed by atoms with Crippen molar-refractivity contribution in [3.63, 3.8) is 0 Å². The molecule has 2 rings (SSSR count). The zero-order valence-corrected chi connectivity index (χ0v) is 12.0. The Morgan fingerprint density at radius 2 is 2.44 bits per heavy atom. The molecule has 1 aliphatic carbocycles. The van der Waals surface area contributed by atoms with E-state index in [0.717, 1.165) is 18.3 Å². The average molecular weight is 303 g/mol. The van der Waals surface area contributed by atoms with Crippen molar-refractivity contribution in [2.24, 2.45) is 17.7 Å². The summed E-state index contributed by atoms with van der Waals surface area (Å²) < 4.78 is 1.23. The fourth-order valence-corrected chi connectivity index (χ4v) is 4.35. The second-order valence-electron chi connectivity index (χ2n) is 4.74. The maximum atomic E-state index is 5.72. The topological polar surface area (TPSA) is 38.0 Å². The number of nitrogens with one attached hydrogen (secondary N) is 1. The van der Waals surface area contributed by atoms with Crippen molar-refractivity contribution in [3.8, 4) is 0 Å². The third-order valence-corrected chi connectivity index (χ3v) is 5.70. The van der Waals surface area contributed by atoms with Gasteiger partial charge in [0.05, 0.1) is 0 Å². The summed E-state index contributed by atoms with van der Waals surface area (Å²) in [5.74, 6) is 7.26. The number of nitrogens with two attached hydrogens (primary N) is 1. The third kappa shape index (κ3) is 2.67. The summed E-state index contributed by atoms with van der Waals surface area (Å²) in [5.41, 5.74) is 3.03. The molecule has 1 aromatic rings. The molecule has 1 aromatic heterocycles. The minimum atomic E-state index is 0.424. The van der Waals surface area contributed by atoms with Crippen molar-refractivity contribution >= 4 is 27.3 Å². The van der Waals surface area contributed by atoms with E-state index in [0.29, 0.717) is 6.04 Å². The summed E-state index contributed by atoms with van der Waals surface area (Å²) in [6, 6.07) is 2.54. The second-order valence-corrected chi connectivity index (χ2v) is 6.60. The van der Waals surface area contributed by atoms with Crippen LogP contribution in [-0.2, 0) is 6.42 Å². The predicted octanol–water partition coefficient (Wildman–Crippen LogP) is 3.32. The van der Waals surface area contributed by atoms with Crippen LogP contribution in [0.5, 0.6) is 0 Å². The van der Waals surface area contributed by atoms with Gasteiger partial charge in [-0.3, -0.25) is 11.3 Å². The summed E-state index contributed by atoms with van der Waals surface area (Å²) in [6.07, 6.45) is 5.08. The first-order valence-corrected chi connectivity index (χ1v) is 7.57. The molecule has 1 aliphatic rings. The van der Waals surface area contributed by atoms with E-state index in [1.165, 1.54) is 28.6 Å². The molecule has 16 heavy (non-hydrogen) atoms. The molecule has 0 saturated heterocycles. The first kappa shape index (κ1) is 12.6. The summed E-state index contributed by atoms with van der Waals surface area (Å²) in [5, 5.41) is 2.13. The molecule has 0 aliphatic heterocycles. The molecule has 90 valence electrons. The zero-order chi connectivity index (χ0) is 11.5. The smallest absolute Gasteiger partial charge is 0.0314 e. The van der Waals surface area contributed by atoms with Crippen molar-refractivity contribution < 1.29 is 0 Å². The first-order valence-electron chi connectivity index (χ1n) is 5.90. The lowest BCUT2D eigenvalue weighted by Gasteiger charge is -2.26. The molecule has 4 heteroatoms. The molecular formula is C12H19BrN2S. The maximum absolute atomic E-state index is 5.72. The summed E-state index contributed by atoms with van der Waals surface area (Å²) >= 11 is 5.40. The van der Waals surface area contributed by atoms with Crippen LogP contribution in [0.3, 0.4) is 0 Å². The van der Waals surface area contributed by atoms with Crippen LogP contribution < -0.4 is 11.3 Å². The van der Waals surface area contributed by atoms with Gasteiger partial charge in [-0.1, -0.05) is 19.8 Å². The lowest BCUT2D eigenvalue weighted by Crippen LogP contribution is -2.43. The van der Waals surface area contributed by atoms with Gasteiger partial charge in [0, 0.05) is 15.4 Å². The van der Waals surface area contributed by atoms with E-state index in [-0.39, 0.29) is 0 Å². The normalized spacial score (nSPS) is 27.2. The number of hydrazine groups is 1. The lowest BCUT2D eigenvalue weighted by molar-refractivity contribution is 0.298. The van der Waals surface area contributed by atoms with Crippen LogP contribution >= 0.6 is 27.3 Å². The van der Waals surface area contributed by atoms with Crippen molar-refractivity contribution in [3.05, 3.63) is 20.8 Å². The van der Waals surface area contributed by atoms with Crippen LogP contribution in [0.25, 0.3) is 0 Å². The van der Waals surface area contributed by atoms with Crippen LogP contribution in [0.15, 0.2) is 15.9 Å². The summed E-state index contributed by atoms with van der Waals surface area (Å²) in [6.45, 7) is 2.35. The van der Waals surface area contributed by atoms with Crippen LogP contribution in [0.1, 0.15) is 31.1 Å². The monoisotopic (exact) mass is 302 g/mol. The zero-order valence-electron chi connectivity index (χ0n) is 9.58. The predicted molar refractivity (Wildman–Crippen MR) is 73.3 cm³/mol. The fraction of sp³-hybridized carbons (Fsp3) is 0.667. The molecule has 0 amide bonds. The van der Waals surface area contributed by atoms with Crippen molar-refractivity contribution in [2.75, 3.05) is 0 Å². The Bertz CT molecular complexity index is 340. The van der Waals surface area contributed by atoms with Crippen molar-refractivity contribution in [1.82, 2.24) is 5.43 Å². The second kappa shape index (κ2) is 5.63. The molecule has 2 nitrogen and oxygen atoms in total. The molecule has 0 bridgehead atoms. The van der Waals surface area contributed by atoms with E-state index in [4.69, 9.17) is 5.84 Å². The first-order chi connectivity index (χ1) is 7.72. The quantitative estimate of drug-likeness (QED) is 0.661. The molecule has 3 atom stereocenters. The van der Waals surface area contributed by atoms with Gasteiger partial charge in [-0.25, -0.2) is 0 Å². The van der Waals surface area contributed by atoms with E-state index in [1.54, 1.807) is 0 Å². The Kier molecular flexibility index (Phi) is 4.41. The number of hydrogen-bond donors (Lipinski definition) is 2. The Morgan fingerprint density at radius 3 is 2.94 bits per heavy atom. The highest BCUT2D eigenvalue weighted by atomic mass is 79.9. The standard InChI is InChI=1S/C12H19BrN2S/c1-8-3-2-4-9(8)11(15-14)7-12-10(13)5-6-16-12/h5-6,8-9,11,15H,2-4,7,14H2,1H3. The van der Waals surface area contributed by atoms with Gasteiger partial charge in [-0.15, -0.1) is 11.3 Å². The number of hydrogen-bond acceptors (Lipinski definition) is 3. The van der Waals surface area contributed by atoms with Gasteiger partial charge < -0.3 is 0 Å². The highest BCUT2D eigenvalue weighted by Gasteiger charge is 2.30. The van der Waals surface area contributed by atoms with E-state index in [9.17, 15) is 0 Å². The van der Waals surface area contributed by atoms with E-state index in [1.807, 2.05) is 11.3 Å². The molecule has 0 spiro atoms. The van der Waals surface area contributed by atoms with E-state index < -0.39 is 0 Å².